The second-order valence-electron chi connectivity index (χ2n) is 4.76. The third kappa shape index (κ3) is 1.60. The van der Waals surface area contributed by atoms with Gasteiger partial charge in [-0.3, -0.25) is 4.90 Å². The standard InChI is InChI=1S/C10H19NO2/c1-7(8(2)12)11-5-10(13,6-11)9-3-4-9/h7-9,12-13H,3-6H2,1-2H3. The Morgan fingerprint density at radius 3 is 2.23 bits per heavy atom. The molecule has 0 spiro atoms. The lowest BCUT2D eigenvalue weighted by atomic mass is 9.87. The summed E-state index contributed by atoms with van der Waals surface area (Å²) in [5, 5.41) is 19.4. The second kappa shape index (κ2) is 2.94. The minimum absolute atomic E-state index is 0.180. The zero-order valence-corrected chi connectivity index (χ0v) is 8.40. The maximum absolute atomic E-state index is 10.0. The summed E-state index contributed by atoms with van der Waals surface area (Å²) in [5.74, 6) is 0.546. The first-order valence-electron chi connectivity index (χ1n) is 5.17. The van der Waals surface area contributed by atoms with Gasteiger partial charge in [0, 0.05) is 19.1 Å². The predicted octanol–water partition coefficient (Wildman–Crippen LogP) is 0.212. The van der Waals surface area contributed by atoms with Gasteiger partial charge in [0.1, 0.15) is 0 Å². The van der Waals surface area contributed by atoms with Gasteiger partial charge in [-0.25, -0.2) is 0 Å². The Morgan fingerprint density at radius 2 is 1.85 bits per heavy atom. The van der Waals surface area contributed by atoms with Gasteiger partial charge in [0.2, 0.25) is 0 Å². The number of hydrogen-bond acceptors (Lipinski definition) is 3. The Hall–Kier alpha value is -0.120. The van der Waals surface area contributed by atoms with Crippen molar-refractivity contribution in [2.75, 3.05) is 13.1 Å². The molecule has 2 atom stereocenters. The topological polar surface area (TPSA) is 43.7 Å². The van der Waals surface area contributed by atoms with Crippen LogP contribution in [0.3, 0.4) is 0 Å². The highest BCUT2D eigenvalue weighted by Gasteiger charge is 2.52. The van der Waals surface area contributed by atoms with E-state index in [0.717, 1.165) is 13.1 Å². The van der Waals surface area contributed by atoms with Crippen molar-refractivity contribution in [3.05, 3.63) is 0 Å². The van der Waals surface area contributed by atoms with Crippen molar-refractivity contribution < 1.29 is 10.2 Å². The first-order chi connectivity index (χ1) is 6.03. The summed E-state index contributed by atoms with van der Waals surface area (Å²) in [5.41, 5.74) is -0.414. The fraction of sp³-hybridized carbons (Fsp3) is 1.00. The van der Waals surface area contributed by atoms with Crippen LogP contribution in [0.5, 0.6) is 0 Å². The van der Waals surface area contributed by atoms with E-state index < -0.39 is 5.60 Å². The highest BCUT2D eigenvalue weighted by molar-refractivity contribution is 5.06. The maximum Gasteiger partial charge on any atom is 0.0928 e. The monoisotopic (exact) mass is 185 g/mol. The summed E-state index contributed by atoms with van der Waals surface area (Å²) in [6.45, 7) is 5.32. The molecule has 2 fully saturated rings. The molecule has 1 aliphatic heterocycles. The molecular weight excluding hydrogens is 166 g/mol. The molecule has 0 aromatic carbocycles. The third-order valence-corrected chi connectivity index (χ3v) is 3.57. The van der Waals surface area contributed by atoms with E-state index in [1.807, 2.05) is 6.92 Å². The highest BCUT2D eigenvalue weighted by Crippen LogP contribution is 2.45. The molecule has 0 radical (unpaired) electrons. The SMILES string of the molecule is CC(O)C(C)N1CC(O)(C2CC2)C1. The minimum Gasteiger partial charge on any atom is -0.392 e. The van der Waals surface area contributed by atoms with E-state index in [4.69, 9.17) is 0 Å². The zero-order valence-electron chi connectivity index (χ0n) is 8.40. The number of aliphatic hydroxyl groups is 2. The van der Waals surface area contributed by atoms with Crippen LogP contribution in [0.15, 0.2) is 0 Å². The largest absolute Gasteiger partial charge is 0.392 e. The number of aliphatic hydroxyl groups excluding tert-OH is 1. The van der Waals surface area contributed by atoms with Crippen LogP contribution in [0.4, 0.5) is 0 Å². The smallest absolute Gasteiger partial charge is 0.0928 e. The van der Waals surface area contributed by atoms with E-state index in [1.54, 1.807) is 6.92 Å². The molecule has 1 heterocycles. The van der Waals surface area contributed by atoms with Crippen molar-refractivity contribution in [3.63, 3.8) is 0 Å². The van der Waals surface area contributed by atoms with Crippen molar-refractivity contribution in [1.82, 2.24) is 4.90 Å². The Labute approximate surface area is 79.4 Å². The Morgan fingerprint density at radius 1 is 1.31 bits per heavy atom. The Bertz CT molecular complexity index is 195. The lowest BCUT2D eigenvalue weighted by Gasteiger charge is -2.50. The Balaban J connectivity index is 1.83. The van der Waals surface area contributed by atoms with Crippen molar-refractivity contribution in [2.45, 2.75) is 44.4 Å². The molecule has 0 amide bonds. The molecule has 0 aromatic rings. The van der Waals surface area contributed by atoms with Crippen LogP contribution in [-0.4, -0.2) is 45.9 Å². The minimum atomic E-state index is -0.414. The number of nitrogens with zero attached hydrogens (tertiary/aromatic N) is 1. The summed E-state index contributed by atoms with van der Waals surface area (Å²) in [4.78, 5) is 2.16. The summed E-state index contributed by atoms with van der Waals surface area (Å²) >= 11 is 0. The summed E-state index contributed by atoms with van der Waals surface area (Å²) in [6, 6.07) is 0.180. The molecule has 3 heteroatoms. The fourth-order valence-electron chi connectivity index (χ4n) is 2.13. The van der Waals surface area contributed by atoms with Crippen molar-refractivity contribution in [3.8, 4) is 0 Å². The average molecular weight is 185 g/mol. The number of rotatable bonds is 3. The van der Waals surface area contributed by atoms with Gasteiger partial charge in [0.15, 0.2) is 0 Å². The van der Waals surface area contributed by atoms with Crippen LogP contribution in [0.2, 0.25) is 0 Å². The lowest BCUT2D eigenvalue weighted by molar-refractivity contribution is -0.139. The number of β-amino-alcohol motifs (C(OH)–C–C–N with tert-alkyl or cyclic N) is 1. The Kier molecular flexibility index (Phi) is 2.13. The van der Waals surface area contributed by atoms with Gasteiger partial charge in [0.25, 0.3) is 0 Å². The fourth-order valence-corrected chi connectivity index (χ4v) is 2.13. The van der Waals surface area contributed by atoms with E-state index >= 15 is 0 Å². The summed E-state index contributed by atoms with van der Waals surface area (Å²) < 4.78 is 0. The normalized spacial score (nSPS) is 32.3. The molecule has 2 unspecified atom stereocenters. The van der Waals surface area contributed by atoms with E-state index in [-0.39, 0.29) is 12.1 Å². The molecule has 2 N–H and O–H groups in total. The van der Waals surface area contributed by atoms with Crippen LogP contribution in [0.25, 0.3) is 0 Å². The molecule has 2 rings (SSSR count). The highest BCUT2D eigenvalue weighted by atomic mass is 16.3. The van der Waals surface area contributed by atoms with E-state index in [9.17, 15) is 10.2 Å². The zero-order chi connectivity index (χ0) is 9.64. The van der Waals surface area contributed by atoms with Gasteiger partial charge in [-0.2, -0.15) is 0 Å². The van der Waals surface area contributed by atoms with Gasteiger partial charge in [-0.1, -0.05) is 0 Å². The molecule has 0 bridgehead atoms. The third-order valence-electron chi connectivity index (χ3n) is 3.57. The van der Waals surface area contributed by atoms with E-state index in [2.05, 4.69) is 4.90 Å². The molecule has 1 saturated carbocycles. The number of likely N-dealkylation sites (tertiary alicyclic amines) is 1. The van der Waals surface area contributed by atoms with Gasteiger partial charge in [-0.05, 0) is 32.6 Å². The van der Waals surface area contributed by atoms with Crippen molar-refractivity contribution in [2.24, 2.45) is 5.92 Å². The predicted molar refractivity (Wildman–Crippen MR) is 50.4 cm³/mol. The van der Waals surface area contributed by atoms with Crippen LogP contribution in [0, 0.1) is 5.92 Å². The average Bonchev–Trinajstić information content (AvgIpc) is 2.79. The van der Waals surface area contributed by atoms with Crippen LogP contribution in [0.1, 0.15) is 26.7 Å². The van der Waals surface area contributed by atoms with Crippen LogP contribution >= 0.6 is 0 Å². The van der Waals surface area contributed by atoms with Gasteiger partial charge in [-0.15, -0.1) is 0 Å². The quantitative estimate of drug-likeness (QED) is 0.660. The molecule has 13 heavy (non-hydrogen) atoms. The maximum atomic E-state index is 10.0. The summed E-state index contributed by atoms with van der Waals surface area (Å²) in [6.07, 6.45) is 2.07. The van der Waals surface area contributed by atoms with Crippen LogP contribution in [-0.2, 0) is 0 Å². The molecule has 1 saturated heterocycles. The summed E-state index contributed by atoms with van der Waals surface area (Å²) in [7, 11) is 0. The molecule has 76 valence electrons. The van der Waals surface area contributed by atoms with Crippen LogP contribution < -0.4 is 0 Å². The van der Waals surface area contributed by atoms with Gasteiger partial charge >= 0.3 is 0 Å². The van der Waals surface area contributed by atoms with Gasteiger partial charge < -0.3 is 10.2 Å². The molecular formula is C10H19NO2. The number of hydrogen-bond donors (Lipinski definition) is 2. The van der Waals surface area contributed by atoms with Crippen molar-refractivity contribution in [1.29, 1.82) is 0 Å². The van der Waals surface area contributed by atoms with E-state index in [0.29, 0.717) is 5.92 Å². The molecule has 3 nitrogen and oxygen atoms in total. The van der Waals surface area contributed by atoms with E-state index in [1.165, 1.54) is 12.8 Å². The lowest BCUT2D eigenvalue weighted by Crippen LogP contribution is -2.66. The molecule has 0 aromatic heterocycles. The second-order valence-corrected chi connectivity index (χ2v) is 4.76. The molecule has 2 aliphatic rings. The molecule has 1 aliphatic carbocycles. The first-order valence-corrected chi connectivity index (χ1v) is 5.17. The van der Waals surface area contributed by atoms with Gasteiger partial charge in [0.05, 0.1) is 11.7 Å². The first kappa shape index (κ1) is 9.44. The van der Waals surface area contributed by atoms with Crippen molar-refractivity contribution >= 4 is 0 Å².